The number of hydrogen-bond acceptors (Lipinski definition) is 3. The quantitative estimate of drug-likeness (QED) is 0.437. The minimum Gasteiger partial charge on any atom is -0.481 e. The molecule has 0 aliphatic carbocycles. The second-order valence-electron chi connectivity index (χ2n) is 3.89. The van der Waals surface area contributed by atoms with Crippen LogP contribution in [-0.4, -0.2) is 22.2 Å². The van der Waals surface area contributed by atoms with Gasteiger partial charge in [0.2, 0.25) is 0 Å². The van der Waals surface area contributed by atoms with E-state index in [9.17, 15) is 27.2 Å². The van der Waals surface area contributed by atoms with Crippen LogP contribution in [0.15, 0.2) is 0 Å². The summed E-state index contributed by atoms with van der Waals surface area (Å²) in [5.41, 5.74) is 2.80. The van der Waals surface area contributed by atoms with Crippen molar-refractivity contribution in [2.24, 2.45) is 5.73 Å². The summed E-state index contributed by atoms with van der Waals surface area (Å²) in [5.74, 6) is -11.9. The van der Waals surface area contributed by atoms with Gasteiger partial charge in [-0.2, -0.15) is 0 Å². The van der Waals surface area contributed by atoms with E-state index in [-0.39, 0.29) is 0 Å². The first-order chi connectivity index (χ1) is 9.18. The van der Waals surface area contributed by atoms with Gasteiger partial charge in [0.25, 0.3) is 0 Å². The summed E-state index contributed by atoms with van der Waals surface area (Å²) in [4.78, 5) is 21.2. The third-order valence-corrected chi connectivity index (χ3v) is 2.56. The van der Waals surface area contributed by atoms with Gasteiger partial charge in [-0.3, -0.25) is 4.79 Å². The van der Waals surface area contributed by atoms with Crippen molar-refractivity contribution in [2.45, 2.75) is 18.9 Å². The third-order valence-electron chi connectivity index (χ3n) is 2.56. The van der Waals surface area contributed by atoms with E-state index in [4.69, 9.17) is 15.9 Å². The summed E-state index contributed by atoms with van der Waals surface area (Å²) in [6.07, 6.45) is -1.06. The topological polar surface area (TPSA) is 101 Å². The molecule has 0 saturated heterocycles. The average Bonchev–Trinajstić information content (AvgIpc) is 2.36. The van der Waals surface area contributed by atoms with Gasteiger partial charge >= 0.3 is 11.9 Å². The number of aromatic carboxylic acids is 1. The van der Waals surface area contributed by atoms with Crippen molar-refractivity contribution < 1.29 is 37.4 Å². The Kier molecular flexibility index (Phi) is 4.66. The molecule has 0 aliphatic rings. The number of aliphatic carboxylic acids is 1. The largest absolute Gasteiger partial charge is 0.481 e. The molecule has 0 aliphatic heterocycles. The van der Waals surface area contributed by atoms with Crippen LogP contribution in [0.4, 0.5) is 17.6 Å². The molecule has 1 aromatic rings. The van der Waals surface area contributed by atoms with Crippen LogP contribution in [0.25, 0.3) is 0 Å². The molecule has 0 radical (unpaired) electrons. The number of halogens is 4. The van der Waals surface area contributed by atoms with Crippen molar-refractivity contribution in [2.75, 3.05) is 0 Å². The molecule has 0 fully saturated rings. The fourth-order valence-corrected chi connectivity index (χ4v) is 1.63. The summed E-state index contributed by atoms with van der Waals surface area (Å²) >= 11 is 0. The Balaban J connectivity index is 3.43. The molecule has 4 N–H and O–H groups in total. The van der Waals surface area contributed by atoms with Crippen molar-refractivity contribution in [3.05, 3.63) is 34.4 Å². The minimum absolute atomic E-state index is 0.475. The summed E-state index contributed by atoms with van der Waals surface area (Å²) < 4.78 is 53.0. The maximum Gasteiger partial charge on any atom is 0.339 e. The van der Waals surface area contributed by atoms with Crippen LogP contribution < -0.4 is 5.73 Å². The Labute approximate surface area is 109 Å². The fraction of sp³-hybridized carbons (Fsp3) is 0.273. The van der Waals surface area contributed by atoms with E-state index >= 15 is 0 Å². The second kappa shape index (κ2) is 5.87. The van der Waals surface area contributed by atoms with E-state index in [2.05, 4.69) is 0 Å². The molecular weight excluding hydrogens is 286 g/mol. The van der Waals surface area contributed by atoms with Gasteiger partial charge in [-0.15, -0.1) is 0 Å². The molecule has 5 nitrogen and oxygen atoms in total. The summed E-state index contributed by atoms with van der Waals surface area (Å²) in [5, 5.41) is 17.2. The molecule has 1 unspecified atom stereocenters. The van der Waals surface area contributed by atoms with Gasteiger partial charge in [-0.1, -0.05) is 0 Å². The number of carboxylic acids is 2. The summed E-state index contributed by atoms with van der Waals surface area (Å²) in [6.45, 7) is 0. The van der Waals surface area contributed by atoms with Crippen molar-refractivity contribution in [3.63, 3.8) is 0 Å². The molecule has 1 rings (SSSR count). The van der Waals surface area contributed by atoms with Crippen molar-refractivity contribution in [3.8, 4) is 0 Å². The van der Waals surface area contributed by atoms with Gasteiger partial charge < -0.3 is 15.9 Å². The molecule has 0 spiro atoms. The standard InChI is InChI=1S/C11H9F4NO4/c12-7-5(3(16)1-2-4(17)18)6(11(19)20)8(13)10(15)9(7)14/h3H,1-2,16H2,(H,17,18)(H,19,20). The van der Waals surface area contributed by atoms with Crippen LogP contribution in [0.3, 0.4) is 0 Å². The average molecular weight is 295 g/mol. The highest BCUT2D eigenvalue weighted by Crippen LogP contribution is 2.30. The smallest absolute Gasteiger partial charge is 0.339 e. The number of carbonyl (C=O) groups is 2. The van der Waals surface area contributed by atoms with Crippen LogP contribution in [0.2, 0.25) is 0 Å². The SMILES string of the molecule is NC(CCC(=O)O)c1c(F)c(F)c(F)c(F)c1C(=O)O. The van der Waals surface area contributed by atoms with Gasteiger partial charge in [0.1, 0.15) is 5.56 Å². The predicted molar refractivity (Wildman–Crippen MR) is 57.0 cm³/mol. The van der Waals surface area contributed by atoms with Crippen LogP contribution in [0, 0.1) is 23.3 Å². The first-order valence-corrected chi connectivity index (χ1v) is 5.25. The lowest BCUT2D eigenvalue weighted by Crippen LogP contribution is -2.22. The summed E-state index contributed by atoms with van der Waals surface area (Å²) in [7, 11) is 0. The van der Waals surface area contributed by atoms with Gasteiger partial charge in [-0.05, 0) is 6.42 Å². The maximum atomic E-state index is 13.6. The predicted octanol–water partition coefficient (Wildman–Crippen LogP) is 1.81. The summed E-state index contributed by atoms with van der Waals surface area (Å²) in [6, 6.07) is -1.61. The maximum absolute atomic E-state index is 13.6. The van der Waals surface area contributed by atoms with E-state index < -0.39 is 65.2 Å². The monoisotopic (exact) mass is 295 g/mol. The Hall–Kier alpha value is -2.16. The highest BCUT2D eigenvalue weighted by molar-refractivity contribution is 5.90. The number of hydrogen-bond donors (Lipinski definition) is 3. The molecule has 0 amide bonds. The number of carboxylic acid groups (broad SMARTS) is 2. The third kappa shape index (κ3) is 2.87. The Morgan fingerprint density at radius 2 is 1.50 bits per heavy atom. The zero-order valence-corrected chi connectivity index (χ0v) is 9.79. The number of rotatable bonds is 5. The molecule has 1 aromatic carbocycles. The lowest BCUT2D eigenvalue weighted by molar-refractivity contribution is -0.137. The lowest BCUT2D eigenvalue weighted by Gasteiger charge is -2.16. The Morgan fingerprint density at radius 3 is 1.95 bits per heavy atom. The zero-order chi connectivity index (χ0) is 15.6. The molecule has 0 saturated carbocycles. The fourth-order valence-electron chi connectivity index (χ4n) is 1.63. The molecule has 9 heteroatoms. The minimum atomic E-state index is -2.27. The number of nitrogens with two attached hydrogens (primary N) is 1. The Morgan fingerprint density at radius 1 is 1.00 bits per heavy atom. The molecule has 20 heavy (non-hydrogen) atoms. The molecule has 0 heterocycles. The zero-order valence-electron chi connectivity index (χ0n) is 9.79. The van der Waals surface area contributed by atoms with E-state index in [0.29, 0.717) is 0 Å². The highest BCUT2D eigenvalue weighted by atomic mass is 19.2. The normalized spacial score (nSPS) is 12.2. The second-order valence-corrected chi connectivity index (χ2v) is 3.89. The van der Waals surface area contributed by atoms with Gasteiger partial charge in [0.15, 0.2) is 23.3 Å². The van der Waals surface area contributed by atoms with Crippen molar-refractivity contribution >= 4 is 11.9 Å². The van der Waals surface area contributed by atoms with Gasteiger partial charge in [-0.25, -0.2) is 22.4 Å². The molecule has 1 atom stereocenters. The van der Waals surface area contributed by atoms with Crippen LogP contribution in [0.5, 0.6) is 0 Å². The number of benzene rings is 1. The van der Waals surface area contributed by atoms with Crippen LogP contribution in [0.1, 0.15) is 34.8 Å². The highest BCUT2D eigenvalue weighted by Gasteiger charge is 2.31. The first kappa shape index (κ1) is 15.9. The van der Waals surface area contributed by atoms with Gasteiger partial charge in [0.05, 0.1) is 0 Å². The molecule has 110 valence electrons. The van der Waals surface area contributed by atoms with Crippen molar-refractivity contribution in [1.82, 2.24) is 0 Å². The molecule has 0 aromatic heterocycles. The van der Waals surface area contributed by atoms with E-state index in [1.807, 2.05) is 0 Å². The van der Waals surface area contributed by atoms with E-state index in [1.165, 1.54) is 0 Å². The van der Waals surface area contributed by atoms with E-state index in [0.717, 1.165) is 0 Å². The molecular formula is C11H9F4NO4. The van der Waals surface area contributed by atoms with Crippen molar-refractivity contribution in [1.29, 1.82) is 0 Å². The van der Waals surface area contributed by atoms with Gasteiger partial charge in [0, 0.05) is 18.0 Å². The van der Waals surface area contributed by atoms with E-state index in [1.54, 1.807) is 0 Å². The first-order valence-electron chi connectivity index (χ1n) is 5.25. The van der Waals surface area contributed by atoms with Crippen LogP contribution in [-0.2, 0) is 4.79 Å². The molecule has 0 bridgehead atoms. The lowest BCUT2D eigenvalue weighted by atomic mass is 9.95. The van der Waals surface area contributed by atoms with Crippen LogP contribution >= 0.6 is 0 Å². The Bertz CT molecular complexity index is 576.